The van der Waals surface area contributed by atoms with Gasteiger partial charge in [0.1, 0.15) is 0 Å². The van der Waals surface area contributed by atoms with E-state index in [2.05, 4.69) is 5.32 Å². The molecule has 0 amide bonds. The van der Waals surface area contributed by atoms with Crippen LogP contribution in [0, 0.1) is 0 Å². The molecule has 1 saturated heterocycles. The van der Waals surface area contributed by atoms with Crippen LogP contribution < -0.4 is 16.8 Å². The standard InChI is InChI=1S/C10H15N3/c11-7-3-4-9(12)8(6-7)10-2-1-5-13-10/h3-4,6,10,13H,1-2,5,11-12H2. The lowest BCUT2D eigenvalue weighted by Gasteiger charge is -2.13. The summed E-state index contributed by atoms with van der Waals surface area (Å²) in [6, 6.07) is 6.10. The van der Waals surface area contributed by atoms with E-state index in [1.165, 1.54) is 6.42 Å². The van der Waals surface area contributed by atoms with Crippen LogP contribution in [-0.2, 0) is 0 Å². The zero-order valence-electron chi connectivity index (χ0n) is 7.59. The fraction of sp³-hybridized carbons (Fsp3) is 0.400. The summed E-state index contributed by atoms with van der Waals surface area (Å²) in [6.45, 7) is 1.08. The van der Waals surface area contributed by atoms with Crippen LogP contribution in [0.2, 0.25) is 0 Å². The first kappa shape index (κ1) is 8.38. The predicted octanol–water partition coefficient (Wildman–Crippen LogP) is 1.28. The Kier molecular flexibility index (Phi) is 2.10. The molecule has 70 valence electrons. The van der Waals surface area contributed by atoms with Crippen molar-refractivity contribution in [3.05, 3.63) is 23.8 Å². The van der Waals surface area contributed by atoms with Gasteiger partial charge in [-0.15, -0.1) is 0 Å². The highest BCUT2D eigenvalue weighted by Crippen LogP contribution is 2.28. The summed E-state index contributed by atoms with van der Waals surface area (Å²) in [6.07, 6.45) is 2.38. The topological polar surface area (TPSA) is 64.1 Å². The van der Waals surface area contributed by atoms with Crippen molar-refractivity contribution < 1.29 is 0 Å². The van der Waals surface area contributed by atoms with Crippen LogP contribution in [0.3, 0.4) is 0 Å². The second-order valence-electron chi connectivity index (χ2n) is 3.54. The molecule has 5 N–H and O–H groups in total. The highest BCUT2D eigenvalue weighted by molar-refractivity contribution is 5.56. The molecule has 13 heavy (non-hydrogen) atoms. The van der Waals surface area contributed by atoms with Crippen LogP contribution in [-0.4, -0.2) is 6.54 Å². The molecular weight excluding hydrogens is 162 g/mol. The first-order valence-corrected chi connectivity index (χ1v) is 4.65. The number of anilines is 2. The number of rotatable bonds is 1. The molecule has 3 heteroatoms. The van der Waals surface area contributed by atoms with E-state index in [0.717, 1.165) is 29.9 Å². The number of hydrogen-bond donors (Lipinski definition) is 3. The van der Waals surface area contributed by atoms with Gasteiger partial charge < -0.3 is 16.8 Å². The summed E-state index contributed by atoms with van der Waals surface area (Å²) in [7, 11) is 0. The van der Waals surface area contributed by atoms with Crippen LogP contribution >= 0.6 is 0 Å². The van der Waals surface area contributed by atoms with E-state index in [4.69, 9.17) is 11.5 Å². The molecule has 0 aliphatic carbocycles. The summed E-state index contributed by atoms with van der Waals surface area (Å²) in [5, 5.41) is 3.41. The second-order valence-corrected chi connectivity index (χ2v) is 3.54. The quantitative estimate of drug-likeness (QED) is 0.566. The monoisotopic (exact) mass is 177 g/mol. The Balaban J connectivity index is 2.32. The van der Waals surface area contributed by atoms with Gasteiger partial charge in [-0.05, 0) is 43.1 Å². The highest BCUT2D eigenvalue weighted by Gasteiger charge is 2.18. The third-order valence-corrected chi connectivity index (χ3v) is 2.55. The maximum atomic E-state index is 5.87. The molecule has 1 atom stereocenters. The first-order valence-electron chi connectivity index (χ1n) is 4.65. The summed E-state index contributed by atoms with van der Waals surface area (Å²) in [5.74, 6) is 0. The smallest absolute Gasteiger partial charge is 0.0364 e. The van der Waals surface area contributed by atoms with E-state index >= 15 is 0 Å². The number of benzene rings is 1. The van der Waals surface area contributed by atoms with Crippen LogP contribution in [0.5, 0.6) is 0 Å². The molecule has 1 heterocycles. The van der Waals surface area contributed by atoms with Crippen molar-refractivity contribution in [2.24, 2.45) is 0 Å². The lowest BCUT2D eigenvalue weighted by molar-refractivity contribution is 0.650. The molecule has 1 fully saturated rings. The Hall–Kier alpha value is -1.22. The van der Waals surface area contributed by atoms with Gasteiger partial charge in [0, 0.05) is 17.4 Å². The predicted molar refractivity (Wildman–Crippen MR) is 55.2 cm³/mol. The Bertz CT molecular complexity index is 303. The van der Waals surface area contributed by atoms with Gasteiger partial charge in [0.05, 0.1) is 0 Å². The van der Waals surface area contributed by atoms with Crippen molar-refractivity contribution in [2.45, 2.75) is 18.9 Å². The van der Waals surface area contributed by atoms with E-state index in [-0.39, 0.29) is 0 Å². The zero-order chi connectivity index (χ0) is 9.26. The third kappa shape index (κ3) is 1.60. The lowest BCUT2D eigenvalue weighted by Crippen LogP contribution is -2.14. The van der Waals surface area contributed by atoms with Crippen molar-refractivity contribution >= 4 is 11.4 Å². The molecule has 1 unspecified atom stereocenters. The van der Waals surface area contributed by atoms with Gasteiger partial charge in [0.2, 0.25) is 0 Å². The van der Waals surface area contributed by atoms with Crippen LogP contribution in [0.4, 0.5) is 11.4 Å². The normalized spacial score (nSPS) is 22.0. The van der Waals surface area contributed by atoms with E-state index in [0.29, 0.717) is 6.04 Å². The Morgan fingerprint density at radius 1 is 1.31 bits per heavy atom. The SMILES string of the molecule is Nc1ccc(N)c(C2CCCN2)c1. The molecule has 0 bridgehead atoms. The fourth-order valence-corrected chi connectivity index (χ4v) is 1.85. The largest absolute Gasteiger partial charge is 0.399 e. The van der Waals surface area contributed by atoms with Gasteiger partial charge in [-0.2, -0.15) is 0 Å². The molecule has 3 nitrogen and oxygen atoms in total. The second kappa shape index (κ2) is 3.26. The molecular formula is C10H15N3. The summed E-state index contributed by atoms with van der Waals surface area (Å²) < 4.78 is 0. The number of hydrogen-bond acceptors (Lipinski definition) is 3. The van der Waals surface area contributed by atoms with E-state index in [9.17, 15) is 0 Å². The number of nitrogen functional groups attached to an aromatic ring is 2. The minimum atomic E-state index is 0.406. The molecule has 2 rings (SSSR count). The molecule has 1 aliphatic heterocycles. The Labute approximate surface area is 78.1 Å². The number of nitrogens with one attached hydrogen (secondary N) is 1. The van der Waals surface area contributed by atoms with Gasteiger partial charge in [-0.3, -0.25) is 0 Å². The maximum absolute atomic E-state index is 5.87. The van der Waals surface area contributed by atoms with E-state index in [1.807, 2.05) is 18.2 Å². The summed E-state index contributed by atoms with van der Waals surface area (Å²) >= 11 is 0. The van der Waals surface area contributed by atoms with E-state index in [1.54, 1.807) is 0 Å². The molecule has 0 saturated carbocycles. The average Bonchev–Trinajstić information content (AvgIpc) is 2.61. The molecule has 0 aromatic heterocycles. The highest BCUT2D eigenvalue weighted by atomic mass is 14.9. The maximum Gasteiger partial charge on any atom is 0.0364 e. The molecule has 0 spiro atoms. The minimum absolute atomic E-state index is 0.406. The van der Waals surface area contributed by atoms with Crippen molar-refractivity contribution in [2.75, 3.05) is 18.0 Å². The minimum Gasteiger partial charge on any atom is -0.399 e. The van der Waals surface area contributed by atoms with E-state index < -0.39 is 0 Å². The van der Waals surface area contributed by atoms with Gasteiger partial charge in [-0.25, -0.2) is 0 Å². The van der Waals surface area contributed by atoms with Crippen LogP contribution in [0.1, 0.15) is 24.4 Å². The molecule has 1 aliphatic rings. The third-order valence-electron chi connectivity index (χ3n) is 2.55. The Morgan fingerprint density at radius 3 is 2.85 bits per heavy atom. The van der Waals surface area contributed by atoms with Gasteiger partial charge in [-0.1, -0.05) is 0 Å². The average molecular weight is 177 g/mol. The Morgan fingerprint density at radius 2 is 2.15 bits per heavy atom. The molecule has 1 aromatic carbocycles. The van der Waals surface area contributed by atoms with Crippen LogP contribution in [0.25, 0.3) is 0 Å². The van der Waals surface area contributed by atoms with Gasteiger partial charge in [0.25, 0.3) is 0 Å². The van der Waals surface area contributed by atoms with Crippen molar-refractivity contribution in [3.8, 4) is 0 Å². The van der Waals surface area contributed by atoms with Gasteiger partial charge >= 0.3 is 0 Å². The zero-order valence-corrected chi connectivity index (χ0v) is 7.59. The van der Waals surface area contributed by atoms with Crippen LogP contribution in [0.15, 0.2) is 18.2 Å². The lowest BCUT2D eigenvalue weighted by atomic mass is 10.0. The fourth-order valence-electron chi connectivity index (χ4n) is 1.85. The van der Waals surface area contributed by atoms with Crippen molar-refractivity contribution in [3.63, 3.8) is 0 Å². The first-order chi connectivity index (χ1) is 6.27. The summed E-state index contributed by atoms with van der Waals surface area (Å²) in [5.41, 5.74) is 14.4. The van der Waals surface area contributed by atoms with Gasteiger partial charge in [0.15, 0.2) is 0 Å². The van der Waals surface area contributed by atoms with Crippen molar-refractivity contribution in [1.29, 1.82) is 0 Å². The summed E-state index contributed by atoms with van der Waals surface area (Å²) in [4.78, 5) is 0. The molecule has 0 radical (unpaired) electrons. The number of nitrogens with two attached hydrogens (primary N) is 2. The molecule has 1 aromatic rings. The van der Waals surface area contributed by atoms with Crippen molar-refractivity contribution in [1.82, 2.24) is 5.32 Å².